The number of likely N-dealkylation sites (N-methyl/N-ethyl adjacent to an activating group) is 1. The maximum Gasteiger partial charge on any atom is 0.0105 e. The average Bonchev–Trinajstić information content (AvgIpc) is 2.35. The van der Waals surface area contributed by atoms with Gasteiger partial charge in [-0.05, 0) is 49.8 Å². The average molecular weight is 233 g/mol. The maximum absolute atomic E-state index is 3.43. The molecule has 1 heteroatoms. The Morgan fingerprint density at radius 2 is 1.59 bits per heavy atom. The zero-order valence-corrected chi connectivity index (χ0v) is 11.8. The molecule has 0 heterocycles. The molecule has 0 saturated carbocycles. The van der Waals surface area contributed by atoms with E-state index in [0.29, 0.717) is 6.04 Å². The molecule has 0 radical (unpaired) electrons. The van der Waals surface area contributed by atoms with Gasteiger partial charge in [0, 0.05) is 6.04 Å². The van der Waals surface area contributed by atoms with Crippen LogP contribution in [0, 0.1) is 5.92 Å². The van der Waals surface area contributed by atoms with Gasteiger partial charge in [0.25, 0.3) is 0 Å². The Balaban J connectivity index is 2.48. The van der Waals surface area contributed by atoms with Crippen LogP contribution < -0.4 is 5.32 Å². The van der Waals surface area contributed by atoms with E-state index in [0.717, 1.165) is 18.8 Å². The highest BCUT2D eigenvalue weighted by molar-refractivity contribution is 5.23. The van der Waals surface area contributed by atoms with Crippen LogP contribution in [0.4, 0.5) is 0 Å². The summed E-state index contributed by atoms with van der Waals surface area (Å²) in [4.78, 5) is 0. The Morgan fingerprint density at radius 1 is 1.00 bits per heavy atom. The molecule has 1 aromatic rings. The highest BCUT2D eigenvalue weighted by Gasteiger charge is 2.08. The number of hydrogen-bond acceptors (Lipinski definition) is 1. The van der Waals surface area contributed by atoms with Crippen LogP contribution in [0.5, 0.6) is 0 Å². The van der Waals surface area contributed by atoms with Gasteiger partial charge in [-0.3, -0.25) is 0 Å². The van der Waals surface area contributed by atoms with Gasteiger partial charge in [0.1, 0.15) is 0 Å². The highest BCUT2D eigenvalue weighted by Crippen LogP contribution is 2.12. The number of aryl methyl sites for hydroxylation is 1. The Morgan fingerprint density at radius 3 is 2.06 bits per heavy atom. The smallest absolute Gasteiger partial charge is 0.0105 e. The van der Waals surface area contributed by atoms with Crippen molar-refractivity contribution in [1.29, 1.82) is 0 Å². The van der Waals surface area contributed by atoms with E-state index in [1.54, 1.807) is 0 Å². The van der Waals surface area contributed by atoms with Gasteiger partial charge in [-0.1, -0.05) is 45.0 Å². The van der Waals surface area contributed by atoms with Gasteiger partial charge in [0.15, 0.2) is 0 Å². The summed E-state index contributed by atoms with van der Waals surface area (Å²) in [5.74, 6) is 0.799. The quantitative estimate of drug-likeness (QED) is 0.755. The predicted octanol–water partition coefficient (Wildman–Crippen LogP) is 3.82. The Labute approximate surface area is 107 Å². The van der Waals surface area contributed by atoms with Crippen molar-refractivity contribution in [3.8, 4) is 0 Å². The van der Waals surface area contributed by atoms with Gasteiger partial charge in [-0.15, -0.1) is 0 Å². The van der Waals surface area contributed by atoms with Crippen molar-refractivity contribution >= 4 is 0 Å². The van der Waals surface area contributed by atoms with Crippen LogP contribution in [0.2, 0.25) is 0 Å². The van der Waals surface area contributed by atoms with E-state index >= 15 is 0 Å². The molecule has 0 aliphatic rings. The van der Waals surface area contributed by atoms with E-state index in [2.05, 4.69) is 57.4 Å². The third-order valence-corrected chi connectivity index (χ3v) is 3.41. The highest BCUT2D eigenvalue weighted by atomic mass is 14.9. The van der Waals surface area contributed by atoms with Gasteiger partial charge in [-0.25, -0.2) is 0 Å². The van der Waals surface area contributed by atoms with E-state index in [1.165, 1.54) is 24.0 Å². The first-order chi connectivity index (χ1) is 8.15. The molecule has 0 saturated heterocycles. The summed E-state index contributed by atoms with van der Waals surface area (Å²) >= 11 is 0. The van der Waals surface area contributed by atoms with Gasteiger partial charge < -0.3 is 5.32 Å². The first-order valence-electron chi connectivity index (χ1n) is 6.90. The molecule has 1 unspecified atom stereocenters. The molecule has 0 aliphatic carbocycles. The lowest BCUT2D eigenvalue weighted by Gasteiger charge is -2.17. The molecule has 1 atom stereocenters. The molecule has 0 aliphatic heterocycles. The first kappa shape index (κ1) is 14.2. The molecule has 0 aromatic heterocycles. The van der Waals surface area contributed by atoms with E-state index in [9.17, 15) is 0 Å². The van der Waals surface area contributed by atoms with Crippen molar-refractivity contribution in [3.05, 3.63) is 35.4 Å². The Bertz CT molecular complexity index is 300. The zero-order chi connectivity index (χ0) is 12.7. The van der Waals surface area contributed by atoms with Crippen molar-refractivity contribution in [2.75, 3.05) is 7.05 Å². The fourth-order valence-electron chi connectivity index (χ4n) is 2.08. The van der Waals surface area contributed by atoms with Crippen molar-refractivity contribution in [2.24, 2.45) is 5.92 Å². The summed E-state index contributed by atoms with van der Waals surface area (Å²) in [6.45, 7) is 6.79. The molecule has 1 N–H and O–H groups in total. The Kier molecular flexibility index (Phi) is 6.28. The molecule has 1 aromatic carbocycles. The minimum Gasteiger partial charge on any atom is -0.317 e. The lowest BCUT2D eigenvalue weighted by molar-refractivity contribution is 0.451. The number of hydrogen-bond donors (Lipinski definition) is 1. The monoisotopic (exact) mass is 233 g/mol. The van der Waals surface area contributed by atoms with E-state index < -0.39 is 0 Å². The van der Waals surface area contributed by atoms with Crippen LogP contribution in [0.25, 0.3) is 0 Å². The third kappa shape index (κ3) is 5.36. The molecule has 17 heavy (non-hydrogen) atoms. The van der Waals surface area contributed by atoms with Crippen LogP contribution in [-0.4, -0.2) is 13.1 Å². The fourth-order valence-corrected chi connectivity index (χ4v) is 2.08. The largest absolute Gasteiger partial charge is 0.317 e. The molecular formula is C16H27N. The van der Waals surface area contributed by atoms with Crippen molar-refractivity contribution < 1.29 is 0 Å². The summed E-state index contributed by atoms with van der Waals surface area (Å²) in [6.07, 6.45) is 4.85. The van der Waals surface area contributed by atoms with Gasteiger partial charge >= 0.3 is 0 Å². The molecule has 0 spiro atoms. The minimum absolute atomic E-state index is 0.616. The summed E-state index contributed by atoms with van der Waals surface area (Å²) in [5, 5.41) is 3.43. The van der Waals surface area contributed by atoms with Crippen LogP contribution in [0.1, 0.15) is 44.7 Å². The molecule has 1 nitrogen and oxygen atoms in total. The number of benzene rings is 1. The van der Waals surface area contributed by atoms with E-state index in [1.807, 2.05) is 0 Å². The van der Waals surface area contributed by atoms with E-state index in [-0.39, 0.29) is 0 Å². The van der Waals surface area contributed by atoms with Crippen molar-refractivity contribution in [2.45, 2.75) is 52.5 Å². The second kappa shape index (κ2) is 7.50. The topological polar surface area (TPSA) is 12.0 Å². The molecule has 0 fully saturated rings. The number of rotatable bonds is 7. The first-order valence-corrected chi connectivity index (χ1v) is 6.90. The van der Waals surface area contributed by atoms with Gasteiger partial charge in [-0.2, -0.15) is 0 Å². The summed E-state index contributed by atoms with van der Waals surface area (Å²) in [7, 11) is 2.07. The lowest BCUT2D eigenvalue weighted by Crippen LogP contribution is -2.27. The second-order valence-corrected chi connectivity index (χ2v) is 5.33. The predicted molar refractivity (Wildman–Crippen MR) is 76.4 cm³/mol. The lowest BCUT2D eigenvalue weighted by atomic mass is 9.97. The van der Waals surface area contributed by atoms with E-state index in [4.69, 9.17) is 0 Å². The molecule has 96 valence electrons. The van der Waals surface area contributed by atoms with Gasteiger partial charge in [0.2, 0.25) is 0 Å². The van der Waals surface area contributed by atoms with Crippen molar-refractivity contribution in [1.82, 2.24) is 5.32 Å². The molecule has 1 rings (SSSR count). The minimum atomic E-state index is 0.616. The summed E-state index contributed by atoms with van der Waals surface area (Å²) in [6, 6.07) is 9.68. The third-order valence-electron chi connectivity index (χ3n) is 3.41. The summed E-state index contributed by atoms with van der Waals surface area (Å²) < 4.78 is 0. The Hall–Kier alpha value is -0.820. The zero-order valence-electron chi connectivity index (χ0n) is 11.8. The van der Waals surface area contributed by atoms with Crippen LogP contribution in [-0.2, 0) is 12.8 Å². The van der Waals surface area contributed by atoms with Crippen LogP contribution in [0.3, 0.4) is 0 Å². The standard InChI is InChI=1S/C16H27N/c1-5-14-7-9-15(10-8-14)12-16(17-4)11-6-13(2)3/h7-10,13,16-17H,5-6,11-12H2,1-4H3. The molecule has 0 bridgehead atoms. The summed E-state index contributed by atoms with van der Waals surface area (Å²) in [5.41, 5.74) is 2.88. The second-order valence-electron chi connectivity index (χ2n) is 5.33. The van der Waals surface area contributed by atoms with Crippen LogP contribution >= 0.6 is 0 Å². The normalized spacial score (nSPS) is 13.0. The number of nitrogens with one attached hydrogen (secondary N) is 1. The SMILES string of the molecule is CCc1ccc(CC(CCC(C)C)NC)cc1. The van der Waals surface area contributed by atoms with Crippen LogP contribution in [0.15, 0.2) is 24.3 Å². The molecule has 0 amide bonds. The van der Waals surface area contributed by atoms with Crippen molar-refractivity contribution in [3.63, 3.8) is 0 Å². The molecular weight excluding hydrogens is 206 g/mol. The fraction of sp³-hybridized carbons (Fsp3) is 0.625. The van der Waals surface area contributed by atoms with Gasteiger partial charge in [0.05, 0.1) is 0 Å². The maximum atomic E-state index is 3.43.